The predicted octanol–water partition coefficient (Wildman–Crippen LogP) is 2.00. The Bertz CT molecular complexity index is 487. The maximum atomic E-state index is 14.1. The Morgan fingerprint density at radius 2 is 2.11 bits per heavy atom. The summed E-state index contributed by atoms with van der Waals surface area (Å²) in [6, 6.07) is 2.24. The van der Waals surface area contributed by atoms with Crippen molar-refractivity contribution in [3.05, 3.63) is 29.3 Å². The molecule has 1 aliphatic rings. The Labute approximate surface area is 114 Å². The minimum atomic E-state index is -0.694. The van der Waals surface area contributed by atoms with Gasteiger partial charge in [-0.1, -0.05) is 5.16 Å². The molecular weight excluding hydrogens is 272 g/mol. The van der Waals surface area contributed by atoms with Gasteiger partial charge >= 0.3 is 0 Å². The van der Waals surface area contributed by atoms with Gasteiger partial charge in [0, 0.05) is 29.7 Å². The van der Waals surface area contributed by atoms with E-state index in [2.05, 4.69) is 5.16 Å². The van der Waals surface area contributed by atoms with Crippen LogP contribution in [0.2, 0.25) is 0 Å². The van der Waals surface area contributed by atoms with Gasteiger partial charge in [-0.15, -0.1) is 0 Å². The van der Waals surface area contributed by atoms with Gasteiger partial charge < -0.3 is 15.8 Å². The third-order valence-electron chi connectivity index (χ3n) is 3.08. The van der Waals surface area contributed by atoms with E-state index in [1.807, 2.05) is 6.92 Å². The lowest BCUT2D eigenvalue weighted by atomic mass is 10.1. The highest BCUT2D eigenvalue weighted by Gasteiger charge is 2.25. The summed E-state index contributed by atoms with van der Waals surface area (Å²) in [5.74, 6) is -0.0289. The molecule has 0 aromatic heterocycles. The van der Waals surface area contributed by atoms with Gasteiger partial charge in [-0.25, -0.2) is 8.78 Å². The van der Waals surface area contributed by atoms with Crippen molar-refractivity contribution in [3.8, 4) is 0 Å². The fourth-order valence-corrected chi connectivity index (χ4v) is 3.12. The van der Waals surface area contributed by atoms with Gasteiger partial charge in [0.2, 0.25) is 0 Å². The Hall–Kier alpha value is -1.50. The predicted molar refractivity (Wildman–Crippen MR) is 73.0 cm³/mol. The van der Waals surface area contributed by atoms with Crippen molar-refractivity contribution in [3.63, 3.8) is 0 Å². The average Bonchev–Trinajstić information content (AvgIpc) is 2.39. The van der Waals surface area contributed by atoms with Gasteiger partial charge in [0.1, 0.15) is 17.3 Å². The smallest absolute Gasteiger partial charge is 0.170 e. The summed E-state index contributed by atoms with van der Waals surface area (Å²) in [4.78, 5) is 1.72. The zero-order valence-corrected chi connectivity index (χ0v) is 11.3. The van der Waals surface area contributed by atoms with Gasteiger partial charge in [-0.05, 0) is 19.1 Å². The third kappa shape index (κ3) is 2.75. The number of anilines is 1. The van der Waals surface area contributed by atoms with E-state index in [4.69, 9.17) is 10.9 Å². The quantitative estimate of drug-likeness (QED) is 0.378. The van der Waals surface area contributed by atoms with Crippen molar-refractivity contribution in [2.24, 2.45) is 10.9 Å². The number of halogens is 2. The number of hydrogen-bond donors (Lipinski definition) is 2. The molecule has 1 aromatic carbocycles. The van der Waals surface area contributed by atoms with Crippen molar-refractivity contribution < 1.29 is 14.0 Å². The monoisotopic (exact) mass is 287 g/mol. The van der Waals surface area contributed by atoms with E-state index < -0.39 is 11.6 Å². The largest absolute Gasteiger partial charge is 0.409 e. The zero-order chi connectivity index (χ0) is 14.0. The second kappa shape index (κ2) is 5.64. The number of benzene rings is 1. The molecule has 1 atom stereocenters. The number of nitrogens with two attached hydrogens (primary N) is 1. The molecule has 0 spiro atoms. The Morgan fingerprint density at radius 1 is 1.47 bits per heavy atom. The first-order chi connectivity index (χ1) is 9.04. The molecule has 1 aromatic rings. The minimum absolute atomic E-state index is 0.0280. The second-order valence-corrected chi connectivity index (χ2v) is 5.54. The molecule has 104 valence electrons. The van der Waals surface area contributed by atoms with Crippen LogP contribution in [0.5, 0.6) is 0 Å². The van der Waals surface area contributed by atoms with E-state index in [9.17, 15) is 8.78 Å². The standard InChI is InChI=1S/C12H15F2N3OS/c1-7-6-19-3-2-17(7)11-9(13)4-8(5-10(11)14)12(15)16-18/h4-5,7,18H,2-3,6H2,1H3,(H2,15,16). The highest BCUT2D eigenvalue weighted by molar-refractivity contribution is 7.99. The first-order valence-corrected chi connectivity index (χ1v) is 7.01. The van der Waals surface area contributed by atoms with E-state index >= 15 is 0 Å². The molecule has 1 aliphatic heterocycles. The Kier molecular flexibility index (Phi) is 4.14. The van der Waals surface area contributed by atoms with Gasteiger partial charge in [-0.2, -0.15) is 11.8 Å². The number of thioether (sulfide) groups is 1. The fourth-order valence-electron chi connectivity index (χ4n) is 2.10. The Balaban J connectivity index is 2.41. The summed E-state index contributed by atoms with van der Waals surface area (Å²) in [6.45, 7) is 2.53. The molecule has 0 bridgehead atoms. The van der Waals surface area contributed by atoms with Crippen LogP contribution in [0.1, 0.15) is 12.5 Å². The van der Waals surface area contributed by atoms with Gasteiger partial charge in [0.05, 0.1) is 0 Å². The lowest BCUT2D eigenvalue weighted by Gasteiger charge is -2.35. The van der Waals surface area contributed by atoms with Crippen molar-refractivity contribution in [2.75, 3.05) is 23.0 Å². The molecule has 0 amide bonds. The average molecular weight is 287 g/mol. The van der Waals surface area contributed by atoms with Crippen molar-refractivity contribution in [1.82, 2.24) is 0 Å². The van der Waals surface area contributed by atoms with Crippen LogP contribution in [-0.4, -0.2) is 35.1 Å². The van der Waals surface area contributed by atoms with E-state index in [1.165, 1.54) is 0 Å². The first kappa shape index (κ1) is 13.9. The molecule has 7 heteroatoms. The highest BCUT2D eigenvalue weighted by Crippen LogP contribution is 2.30. The maximum absolute atomic E-state index is 14.1. The molecule has 1 unspecified atom stereocenters. The number of hydrogen-bond acceptors (Lipinski definition) is 4. The van der Waals surface area contributed by atoms with Crippen LogP contribution >= 0.6 is 11.8 Å². The van der Waals surface area contributed by atoms with Crippen LogP contribution in [0.3, 0.4) is 0 Å². The number of amidine groups is 1. The van der Waals surface area contributed by atoms with Crippen molar-refractivity contribution in [2.45, 2.75) is 13.0 Å². The van der Waals surface area contributed by atoms with Gasteiger partial charge in [-0.3, -0.25) is 0 Å². The van der Waals surface area contributed by atoms with Crippen LogP contribution in [-0.2, 0) is 0 Å². The van der Waals surface area contributed by atoms with Crippen molar-refractivity contribution in [1.29, 1.82) is 0 Å². The summed E-state index contributed by atoms with van der Waals surface area (Å²) in [6.07, 6.45) is 0. The first-order valence-electron chi connectivity index (χ1n) is 5.86. The molecule has 0 radical (unpaired) electrons. The minimum Gasteiger partial charge on any atom is -0.409 e. The zero-order valence-electron chi connectivity index (χ0n) is 10.4. The number of nitrogens with zero attached hydrogens (tertiary/aromatic N) is 2. The summed E-state index contributed by atoms with van der Waals surface area (Å²) in [5.41, 5.74) is 5.33. The Morgan fingerprint density at radius 3 is 2.63 bits per heavy atom. The van der Waals surface area contributed by atoms with Crippen LogP contribution in [0, 0.1) is 11.6 Å². The molecule has 3 N–H and O–H groups in total. The molecule has 4 nitrogen and oxygen atoms in total. The third-order valence-corrected chi connectivity index (χ3v) is 4.26. The summed E-state index contributed by atoms with van der Waals surface area (Å²) >= 11 is 1.77. The van der Waals surface area contributed by atoms with Crippen LogP contribution < -0.4 is 10.6 Å². The lowest BCUT2D eigenvalue weighted by molar-refractivity contribution is 0.318. The van der Waals surface area contributed by atoms with E-state index in [0.29, 0.717) is 6.54 Å². The molecule has 1 saturated heterocycles. The summed E-state index contributed by atoms with van der Waals surface area (Å²) in [7, 11) is 0. The van der Waals surface area contributed by atoms with Gasteiger partial charge in [0.25, 0.3) is 0 Å². The van der Waals surface area contributed by atoms with Crippen molar-refractivity contribution >= 4 is 23.3 Å². The molecule has 1 heterocycles. The topological polar surface area (TPSA) is 61.8 Å². The molecular formula is C12H15F2N3OS. The summed E-state index contributed by atoms with van der Waals surface area (Å²) in [5, 5.41) is 11.3. The van der Waals surface area contributed by atoms with E-state index in [1.54, 1.807) is 16.7 Å². The molecule has 2 rings (SSSR count). The fraction of sp³-hybridized carbons (Fsp3) is 0.417. The van der Waals surface area contributed by atoms with Crippen LogP contribution in [0.4, 0.5) is 14.5 Å². The second-order valence-electron chi connectivity index (χ2n) is 4.39. The lowest BCUT2D eigenvalue weighted by Crippen LogP contribution is -2.41. The SMILES string of the molecule is CC1CSCCN1c1c(F)cc(C(N)=NO)cc1F. The molecule has 0 saturated carbocycles. The number of oxime groups is 1. The normalized spacial score (nSPS) is 20.7. The maximum Gasteiger partial charge on any atom is 0.170 e. The summed E-state index contributed by atoms with van der Waals surface area (Å²) < 4.78 is 28.2. The molecule has 1 fully saturated rings. The molecule has 19 heavy (non-hydrogen) atoms. The van der Waals surface area contributed by atoms with Gasteiger partial charge in [0.15, 0.2) is 5.84 Å². The van der Waals surface area contributed by atoms with Crippen LogP contribution in [0.25, 0.3) is 0 Å². The highest BCUT2D eigenvalue weighted by atomic mass is 32.2. The van der Waals surface area contributed by atoms with E-state index in [-0.39, 0.29) is 23.1 Å². The van der Waals surface area contributed by atoms with Crippen LogP contribution in [0.15, 0.2) is 17.3 Å². The van der Waals surface area contributed by atoms with E-state index in [0.717, 1.165) is 23.6 Å². The molecule has 0 aliphatic carbocycles. The number of rotatable bonds is 2.